The largest absolute Gasteiger partial charge is 0.384 e. The Labute approximate surface area is 131 Å². The van der Waals surface area contributed by atoms with Crippen molar-refractivity contribution in [2.75, 3.05) is 13.7 Å². The molecule has 0 radical (unpaired) electrons. The predicted molar refractivity (Wildman–Crippen MR) is 85.8 cm³/mol. The first-order valence-corrected chi connectivity index (χ1v) is 8.43. The Morgan fingerprint density at radius 2 is 1.64 bits per heavy atom. The molecule has 0 amide bonds. The van der Waals surface area contributed by atoms with Crippen LogP contribution in [0.4, 0.5) is 0 Å². The van der Waals surface area contributed by atoms with Crippen LogP contribution in [0.5, 0.6) is 5.75 Å². The summed E-state index contributed by atoms with van der Waals surface area (Å²) in [4.78, 5) is 0.166. The lowest BCUT2D eigenvalue weighted by atomic mass is 10.1. The van der Waals surface area contributed by atoms with Crippen molar-refractivity contribution in [3.8, 4) is 5.75 Å². The third kappa shape index (κ3) is 4.08. The van der Waals surface area contributed by atoms with Crippen molar-refractivity contribution in [3.63, 3.8) is 0 Å². The standard InChI is InChI=1S/C17H20O4S/c1-13-4-9-17(12-14(13)2)22(18,19)21-16-7-5-15(6-8-16)10-11-20-3/h4-9,12H,10-11H2,1-3H3. The fraction of sp³-hybridized carbons (Fsp3) is 0.294. The normalized spacial score (nSPS) is 11.4. The summed E-state index contributed by atoms with van der Waals surface area (Å²) in [6, 6.07) is 11.9. The Kier molecular flexibility index (Phi) is 5.21. The number of ether oxygens (including phenoxy) is 1. The van der Waals surface area contributed by atoms with Gasteiger partial charge in [-0.3, -0.25) is 0 Å². The molecule has 0 heterocycles. The number of rotatable bonds is 6. The molecule has 0 N–H and O–H groups in total. The van der Waals surface area contributed by atoms with Gasteiger partial charge >= 0.3 is 10.1 Å². The van der Waals surface area contributed by atoms with Crippen LogP contribution in [0.1, 0.15) is 16.7 Å². The van der Waals surface area contributed by atoms with E-state index in [0.717, 1.165) is 23.1 Å². The molecule has 0 aliphatic carbocycles. The zero-order valence-corrected chi connectivity index (χ0v) is 13.8. The molecule has 0 spiro atoms. The van der Waals surface area contributed by atoms with E-state index in [9.17, 15) is 8.42 Å². The molecule has 0 unspecified atom stereocenters. The van der Waals surface area contributed by atoms with Gasteiger partial charge in [-0.1, -0.05) is 18.2 Å². The summed E-state index contributed by atoms with van der Waals surface area (Å²) < 4.78 is 34.8. The molecule has 2 aromatic carbocycles. The molecule has 0 bridgehead atoms. The highest BCUT2D eigenvalue weighted by Crippen LogP contribution is 2.21. The molecule has 118 valence electrons. The van der Waals surface area contributed by atoms with Crippen molar-refractivity contribution in [3.05, 3.63) is 59.2 Å². The van der Waals surface area contributed by atoms with E-state index in [1.807, 2.05) is 26.0 Å². The number of aryl methyl sites for hydroxylation is 2. The SMILES string of the molecule is COCCc1ccc(OS(=O)(=O)c2ccc(C)c(C)c2)cc1. The molecule has 5 heteroatoms. The maximum Gasteiger partial charge on any atom is 0.339 e. The first-order chi connectivity index (χ1) is 10.4. The molecule has 2 aromatic rings. The van der Waals surface area contributed by atoms with Crippen LogP contribution in [0.3, 0.4) is 0 Å². The second kappa shape index (κ2) is 6.94. The van der Waals surface area contributed by atoms with E-state index in [2.05, 4.69) is 0 Å². The number of benzene rings is 2. The highest BCUT2D eigenvalue weighted by molar-refractivity contribution is 7.87. The molecule has 2 rings (SSSR count). The van der Waals surface area contributed by atoms with E-state index >= 15 is 0 Å². The van der Waals surface area contributed by atoms with E-state index in [1.165, 1.54) is 0 Å². The van der Waals surface area contributed by atoms with Gasteiger partial charge in [-0.25, -0.2) is 0 Å². The van der Waals surface area contributed by atoms with E-state index in [1.54, 1.807) is 37.4 Å². The zero-order valence-electron chi connectivity index (χ0n) is 13.0. The minimum absolute atomic E-state index is 0.166. The van der Waals surface area contributed by atoms with E-state index in [-0.39, 0.29) is 4.90 Å². The van der Waals surface area contributed by atoms with Crippen molar-refractivity contribution >= 4 is 10.1 Å². The van der Waals surface area contributed by atoms with Crippen LogP contribution < -0.4 is 4.18 Å². The topological polar surface area (TPSA) is 52.6 Å². The molecule has 0 fully saturated rings. The number of hydrogen-bond donors (Lipinski definition) is 0. The third-order valence-corrected chi connectivity index (χ3v) is 4.73. The molecular formula is C17H20O4S. The Balaban J connectivity index is 2.16. The van der Waals surface area contributed by atoms with E-state index in [4.69, 9.17) is 8.92 Å². The van der Waals surface area contributed by atoms with Crippen molar-refractivity contribution in [1.29, 1.82) is 0 Å². The minimum atomic E-state index is -3.81. The Morgan fingerprint density at radius 1 is 0.955 bits per heavy atom. The summed E-state index contributed by atoms with van der Waals surface area (Å²) in [5.74, 6) is 0.305. The average molecular weight is 320 g/mol. The fourth-order valence-corrected chi connectivity index (χ4v) is 2.99. The molecule has 4 nitrogen and oxygen atoms in total. The molecular weight excluding hydrogens is 300 g/mol. The summed E-state index contributed by atoms with van der Waals surface area (Å²) in [7, 11) is -2.16. The lowest BCUT2D eigenvalue weighted by Gasteiger charge is -2.09. The van der Waals surface area contributed by atoms with Crippen LogP contribution in [0.2, 0.25) is 0 Å². The summed E-state index contributed by atoms with van der Waals surface area (Å²) in [5.41, 5.74) is 3.03. The van der Waals surface area contributed by atoms with Crippen LogP contribution in [-0.2, 0) is 21.3 Å². The van der Waals surface area contributed by atoms with Gasteiger partial charge < -0.3 is 8.92 Å². The molecule has 22 heavy (non-hydrogen) atoms. The van der Waals surface area contributed by atoms with Crippen LogP contribution in [0, 0.1) is 13.8 Å². The average Bonchev–Trinajstić information content (AvgIpc) is 2.49. The number of methoxy groups -OCH3 is 1. The third-order valence-electron chi connectivity index (χ3n) is 3.49. The smallest absolute Gasteiger partial charge is 0.339 e. The summed E-state index contributed by atoms with van der Waals surface area (Å²) in [6.45, 7) is 4.44. The minimum Gasteiger partial charge on any atom is -0.384 e. The second-order valence-electron chi connectivity index (χ2n) is 5.17. The van der Waals surface area contributed by atoms with Gasteiger partial charge in [0.05, 0.1) is 6.61 Å². The highest BCUT2D eigenvalue weighted by atomic mass is 32.2. The summed E-state index contributed by atoms with van der Waals surface area (Å²) in [6.07, 6.45) is 0.778. The summed E-state index contributed by atoms with van der Waals surface area (Å²) in [5, 5.41) is 0. The van der Waals surface area contributed by atoms with Gasteiger partial charge in [-0.05, 0) is 61.2 Å². The van der Waals surface area contributed by atoms with Crippen LogP contribution >= 0.6 is 0 Å². The molecule has 0 aliphatic rings. The van der Waals surface area contributed by atoms with Gasteiger partial charge in [0.2, 0.25) is 0 Å². The Hall–Kier alpha value is -1.85. The Bertz CT molecular complexity index is 734. The van der Waals surface area contributed by atoms with Gasteiger partial charge in [-0.2, -0.15) is 8.42 Å². The van der Waals surface area contributed by atoms with Gasteiger partial charge in [0.1, 0.15) is 10.6 Å². The van der Waals surface area contributed by atoms with Gasteiger partial charge in [-0.15, -0.1) is 0 Å². The predicted octanol–water partition coefficient (Wildman–Crippen LogP) is 3.26. The van der Waals surface area contributed by atoms with Crippen molar-refractivity contribution in [2.45, 2.75) is 25.2 Å². The number of hydrogen-bond acceptors (Lipinski definition) is 4. The zero-order chi connectivity index (χ0) is 16.2. The first-order valence-electron chi connectivity index (χ1n) is 7.02. The molecule has 0 aromatic heterocycles. The van der Waals surface area contributed by atoms with Crippen molar-refractivity contribution in [1.82, 2.24) is 0 Å². The fourth-order valence-electron chi connectivity index (χ4n) is 1.98. The van der Waals surface area contributed by atoms with Gasteiger partial charge in [0.15, 0.2) is 0 Å². The quantitative estimate of drug-likeness (QED) is 0.767. The van der Waals surface area contributed by atoms with E-state index in [0.29, 0.717) is 12.4 Å². The maximum absolute atomic E-state index is 12.3. The Morgan fingerprint density at radius 3 is 2.23 bits per heavy atom. The lowest BCUT2D eigenvalue weighted by Crippen LogP contribution is -2.10. The molecule has 0 atom stereocenters. The van der Waals surface area contributed by atoms with E-state index < -0.39 is 10.1 Å². The van der Waals surface area contributed by atoms with Crippen molar-refractivity contribution in [2.24, 2.45) is 0 Å². The van der Waals surface area contributed by atoms with Gasteiger partial charge in [0, 0.05) is 7.11 Å². The lowest BCUT2D eigenvalue weighted by molar-refractivity contribution is 0.202. The molecule has 0 aliphatic heterocycles. The maximum atomic E-state index is 12.3. The van der Waals surface area contributed by atoms with Crippen molar-refractivity contribution < 1.29 is 17.3 Å². The summed E-state index contributed by atoms with van der Waals surface area (Å²) >= 11 is 0. The van der Waals surface area contributed by atoms with Crippen LogP contribution in [-0.4, -0.2) is 22.1 Å². The molecule has 0 saturated carbocycles. The second-order valence-corrected chi connectivity index (χ2v) is 6.72. The molecule has 0 saturated heterocycles. The monoisotopic (exact) mass is 320 g/mol. The van der Waals surface area contributed by atoms with Gasteiger partial charge in [0.25, 0.3) is 0 Å². The van der Waals surface area contributed by atoms with Crippen LogP contribution in [0.15, 0.2) is 47.4 Å². The first kappa shape index (κ1) is 16.5. The highest BCUT2D eigenvalue weighted by Gasteiger charge is 2.17. The van der Waals surface area contributed by atoms with Crippen LogP contribution in [0.25, 0.3) is 0 Å².